The number of hydrogen-bond acceptors (Lipinski definition) is 5. The minimum absolute atomic E-state index is 0. The molecule has 1 atom stereocenters. The van der Waals surface area contributed by atoms with E-state index in [2.05, 4.69) is 10.6 Å². The number of morpholine rings is 1. The Morgan fingerprint density at radius 2 is 2.00 bits per heavy atom. The van der Waals surface area contributed by atoms with Gasteiger partial charge in [-0.05, 0) is 31.5 Å². The quantitative estimate of drug-likeness (QED) is 0.746. The van der Waals surface area contributed by atoms with E-state index < -0.39 is 10.0 Å². The Morgan fingerprint density at radius 1 is 1.36 bits per heavy atom. The lowest BCUT2D eigenvalue weighted by Gasteiger charge is -2.23. The fourth-order valence-corrected chi connectivity index (χ4v) is 3.64. The highest BCUT2D eigenvalue weighted by Crippen LogP contribution is 2.17. The zero-order valence-corrected chi connectivity index (χ0v) is 16.3. The van der Waals surface area contributed by atoms with Gasteiger partial charge < -0.3 is 15.4 Å². The van der Waals surface area contributed by atoms with Gasteiger partial charge in [-0.25, -0.2) is 8.42 Å². The van der Waals surface area contributed by atoms with E-state index in [9.17, 15) is 13.2 Å². The molecule has 1 heterocycles. The van der Waals surface area contributed by atoms with Crippen LogP contribution in [0.4, 0.5) is 0 Å². The maximum absolute atomic E-state index is 12.4. The summed E-state index contributed by atoms with van der Waals surface area (Å²) in [5.74, 6) is -0.120. The van der Waals surface area contributed by atoms with Crippen LogP contribution in [-0.2, 0) is 26.1 Å². The number of amides is 1. The predicted molar refractivity (Wildman–Crippen MR) is 98.2 cm³/mol. The van der Waals surface area contributed by atoms with Gasteiger partial charge in [0.2, 0.25) is 15.9 Å². The highest BCUT2D eigenvalue weighted by Gasteiger charge is 2.23. The van der Waals surface area contributed by atoms with Crippen molar-refractivity contribution in [2.45, 2.75) is 37.4 Å². The van der Waals surface area contributed by atoms with Crippen molar-refractivity contribution in [1.29, 1.82) is 0 Å². The van der Waals surface area contributed by atoms with E-state index in [0.29, 0.717) is 26.3 Å². The van der Waals surface area contributed by atoms with Crippen molar-refractivity contribution in [1.82, 2.24) is 14.9 Å². The van der Waals surface area contributed by atoms with Crippen LogP contribution < -0.4 is 10.6 Å². The van der Waals surface area contributed by atoms with Gasteiger partial charge in [0.25, 0.3) is 0 Å². The third kappa shape index (κ3) is 5.65. The van der Waals surface area contributed by atoms with Crippen LogP contribution in [0, 0.1) is 0 Å². The number of nitrogens with zero attached hydrogens (tertiary/aromatic N) is 1. The first-order valence-corrected chi connectivity index (χ1v) is 9.42. The molecule has 0 radical (unpaired) electrons. The molecule has 1 aromatic rings. The van der Waals surface area contributed by atoms with E-state index in [0.717, 1.165) is 5.56 Å². The van der Waals surface area contributed by atoms with Crippen LogP contribution in [0.2, 0.25) is 0 Å². The van der Waals surface area contributed by atoms with Gasteiger partial charge in [0.15, 0.2) is 0 Å². The summed E-state index contributed by atoms with van der Waals surface area (Å²) in [6.45, 7) is 5.63. The van der Waals surface area contributed by atoms with Crippen LogP contribution in [0.25, 0.3) is 0 Å². The van der Waals surface area contributed by atoms with Crippen LogP contribution >= 0.6 is 12.4 Å². The molecule has 1 aliphatic rings. The monoisotopic (exact) mass is 391 g/mol. The molecule has 1 amide bonds. The van der Waals surface area contributed by atoms with Gasteiger partial charge in [0, 0.05) is 26.2 Å². The van der Waals surface area contributed by atoms with Gasteiger partial charge in [0.1, 0.15) is 6.04 Å². The maximum atomic E-state index is 12.4. The highest BCUT2D eigenvalue weighted by atomic mass is 35.5. The number of halogens is 1. The van der Waals surface area contributed by atoms with Crippen LogP contribution in [-0.4, -0.2) is 57.5 Å². The number of hydrogen-bond donors (Lipinski definition) is 2. The van der Waals surface area contributed by atoms with Crippen LogP contribution in [0.5, 0.6) is 0 Å². The van der Waals surface area contributed by atoms with Crippen molar-refractivity contribution in [2.75, 3.05) is 26.8 Å². The van der Waals surface area contributed by atoms with E-state index in [4.69, 9.17) is 4.74 Å². The molecule has 142 valence electrons. The molecule has 1 aromatic carbocycles. The Balaban J connectivity index is 0.00000312. The van der Waals surface area contributed by atoms with Gasteiger partial charge >= 0.3 is 0 Å². The van der Waals surface area contributed by atoms with E-state index in [-0.39, 0.29) is 35.3 Å². The third-order valence-electron chi connectivity index (χ3n) is 4.03. The lowest BCUT2D eigenvalue weighted by Crippen LogP contribution is -2.51. The fraction of sp³-hybridized carbons (Fsp3) is 0.562. The summed E-state index contributed by atoms with van der Waals surface area (Å²) in [5, 5.41) is 5.91. The summed E-state index contributed by atoms with van der Waals surface area (Å²) in [6.07, 6.45) is 0. The Hall–Kier alpha value is -1.19. The second-order valence-corrected chi connectivity index (χ2v) is 8.06. The standard InChI is InChI=1S/C16H25N3O4S.ClH/c1-12(2)19(3)24(21,22)14-6-4-13(5-7-14)10-18-16(20)15-11-23-9-8-17-15;/h4-7,12,15,17H,8-11H2,1-3H3,(H,18,20);1H. The Morgan fingerprint density at radius 3 is 2.52 bits per heavy atom. The summed E-state index contributed by atoms with van der Waals surface area (Å²) >= 11 is 0. The van der Waals surface area contributed by atoms with E-state index >= 15 is 0 Å². The number of carbonyl (C=O) groups is 1. The number of ether oxygens (including phenoxy) is 1. The average Bonchev–Trinajstić information content (AvgIpc) is 2.60. The zero-order valence-electron chi connectivity index (χ0n) is 14.7. The van der Waals surface area contributed by atoms with Crippen LogP contribution in [0.1, 0.15) is 19.4 Å². The van der Waals surface area contributed by atoms with Crippen molar-refractivity contribution >= 4 is 28.3 Å². The lowest BCUT2D eigenvalue weighted by molar-refractivity contribution is -0.126. The molecule has 7 nitrogen and oxygen atoms in total. The summed E-state index contributed by atoms with van der Waals surface area (Å²) < 4.78 is 31.4. The van der Waals surface area contributed by atoms with Gasteiger partial charge in [0.05, 0.1) is 18.1 Å². The first-order valence-electron chi connectivity index (χ1n) is 7.98. The third-order valence-corrected chi connectivity index (χ3v) is 6.08. The maximum Gasteiger partial charge on any atom is 0.243 e. The smallest absolute Gasteiger partial charge is 0.243 e. The lowest BCUT2D eigenvalue weighted by atomic mass is 10.2. The van der Waals surface area contributed by atoms with Crippen molar-refractivity contribution in [3.05, 3.63) is 29.8 Å². The molecule has 0 spiro atoms. The summed E-state index contributed by atoms with van der Waals surface area (Å²) in [7, 11) is -1.92. The second-order valence-electron chi connectivity index (χ2n) is 6.06. The summed E-state index contributed by atoms with van der Waals surface area (Å²) in [4.78, 5) is 12.3. The fourth-order valence-electron chi connectivity index (χ4n) is 2.27. The van der Waals surface area contributed by atoms with Crippen LogP contribution in [0.15, 0.2) is 29.2 Å². The largest absolute Gasteiger partial charge is 0.378 e. The normalized spacial score (nSPS) is 18.0. The van der Waals surface area contributed by atoms with Gasteiger partial charge in [-0.3, -0.25) is 4.79 Å². The average molecular weight is 392 g/mol. The number of nitrogens with one attached hydrogen (secondary N) is 2. The molecule has 1 unspecified atom stereocenters. The molecule has 0 aliphatic carbocycles. The molecular formula is C16H26ClN3O4S. The molecule has 0 bridgehead atoms. The predicted octanol–water partition coefficient (Wildman–Crippen LogP) is 0.742. The molecule has 25 heavy (non-hydrogen) atoms. The number of sulfonamides is 1. The van der Waals surface area contributed by atoms with Crippen molar-refractivity contribution in [2.24, 2.45) is 0 Å². The van der Waals surface area contributed by atoms with E-state index in [1.165, 1.54) is 4.31 Å². The molecule has 2 rings (SSSR count). The zero-order chi connectivity index (χ0) is 17.7. The molecule has 2 N–H and O–H groups in total. The Labute approximate surface area is 155 Å². The van der Waals surface area contributed by atoms with Crippen molar-refractivity contribution < 1.29 is 17.9 Å². The number of carbonyl (C=O) groups excluding carboxylic acids is 1. The molecule has 1 fully saturated rings. The molecule has 9 heteroatoms. The highest BCUT2D eigenvalue weighted by molar-refractivity contribution is 7.89. The van der Waals surface area contributed by atoms with Crippen molar-refractivity contribution in [3.8, 4) is 0 Å². The topological polar surface area (TPSA) is 87.7 Å². The van der Waals surface area contributed by atoms with Crippen LogP contribution in [0.3, 0.4) is 0 Å². The Kier molecular flexibility index (Phi) is 8.30. The Bertz CT molecular complexity index is 658. The van der Waals surface area contributed by atoms with E-state index in [1.807, 2.05) is 13.8 Å². The first-order chi connectivity index (χ1) is 11.3. The number of rotatable bonds is 6. The van der Waals surface area contributed by atoms with E-state index in [1.54, 1.807) is 31.3 Å². The second kappa shape index (κ2) is 9.49. The molecule has 1 saturated heterocycles. The molecule has 0 aromatic heterocycles. The summed E-state index contributed by atoms with van der Waals surface area (Å²) in [5.41, 5.74) is 0.839. The minimum Gasteiger partial charge on any atom is -0.378 e. The minimum atomic E-state index is -3.48. The SMILES string of the molecule is CC(C)N(C)S(=O)(=O)c1ccc(CNC(=O)C2COCCN2)cc1.Cl. The molecule has 0 saturated carbocycles. The van der Waals surface area contributed by atoms with Crippen molar-refractivity contribution in [3.63, 3.8) is 0 Å². The van der Waals surface area contributed by atoms with Gasteiger partial charge in [-0.15, -0.1) is 12.4 Å². The molecular weight excluding hydrogens is 366 g/mol. The summed E-state index contributed by atoms with van der Waals surface area (Å²) in [6, 6.07) is 6.12. The first kappa shape index (κ1) is 21.9. The van der Waals surface area contributed by atoms with Gasteiger partial charge in [-0.1, -0.05) is 12.1 Å². The molecule has 1 aliphatic heterocycles. The number of benzene rings is 1. The van der Waals surface area contributed by atoms with Gasteiger partial charge in [-0.2, -0.15) is 4.31 Å².